The first kappa shape index (κ1) is 27.0. The number of hydrogen-bond acceptors (Lipinski definition) is 12. The van der Waals surface area contributed by atoms with Crippen molar-refractivity contribution in [1.82, 2.24) is 19.5 Å². The molecule has 0 amide bonds. The first-order valence-electron chi connectivity index (χ1n) is 8.82. The van der Waals surface area contributed by atoms with E-state index >= 15 is 4.39 Å². The molecule has 5 atom stereocenters. The Morgan fingerprint density at radius 3 is 2.44 bits per heavy atom. The maximum absolute atomic E-state index is 15.5. The van der Waals surface area contributed by atoms with Gasteiger partial charge in [-0.25, -0.2) is 23.1 Å². The van der Waals surface area contributed by atoms with E-state index in [-0.39, 0.29) is 17.1 Å². The second-order valence-electron chi connectivity index (χ2n) is 7.62. The van der Waals surface area contributed by atoms with Crippen molar-refractivity contribution in [2.75, 3.05) is 12.3 Å². The Bertz CT molecular complexity index is 1310. The van der Waals surface area contributed by atoms with Crippen LogP contribution in [0.2, 0.25) is 0 Å². The Balaban J connectivity index is 1.84. The highest BCUT2D eigenvalue weighted by Crippen LogP contribution is 2.66. The van der Waals surface area contributed by atoms with Crippen molar-refractivity contribution in [3.63, 3.8) is 0 Å². The Hall–Kier alpha value is -1.59. The molecule has 192 valence electrons. The third-order valence-electron chi connectivity index (χ3n) is 4.60. The van der Waals surface area contributed by atoms with Gasteiger partial charge in [-0.1, -0.05) is 13.8 Å². The second kappa shape index (κ2) is 8.51. The minimum Gasteiger partial charge on any atom is -0.386 e. The van der Waals surface area contributed by atoms with Crippen LogP contribution >= 0.6 is 23.5 Å². The van der Waals surface area contributed by atoms with Crippen molar-refractivity contribution in [3.05, 3.63) is 16.7 Å². The van der Waals surface area contributed by atoms with E-state index in [0.29, 0.717) is 0 Å². The number of hydrogen-bond donors (Lipinski definition) is 7. The zero-order chi connectivity index (χ0) is 25.9. The molecule has 3 heterocycles. The summed E-state index contributed by atoms with van der Waals surface area (Å²) in [4.78, 5) is 57.7. The first-order valence-corrected chi connectivity index (χ1v) is 13.3. The summed E-state index contributed by atoms with van der Waals surface area (Å²) in [6.45, 7) is 1.09. The van der Waals surface area contributed by atoms with E-state index < -0.39 is 59.2 Å². The molecule has 0 bridgehead atoms. The lowest BCUT2D eigenvalue weighted by Gasteiger charge is -2.29. The van der Waals surface area contributed by atoms with Gasteiger partial charge in [0.25, 0.3) is 11.4 Å². The minimum atomic E-state index is -5.84. The molecule has 0 spiro atoms. The summed E-state index contributed by atoms with van der Waals surface area (Å²) in [6.07, 6.45) is -2.45. The van der Waals surface area contributed by atoms with Crippen molar-refractivity contribution >= 4 is 40.6 Å². The molecule has 1 aliphatic rings. The van der Waals surface area contributed by atoms with Crippen LogP contribution in [0.3, 0.4) is 0 Å². The van der Waals surface area contributed by atoms with E-state index in [4.69, 9.17) is 25.2 Å². The largest absolute Gasteiger partial charge is 0.490 e. The summed E-state index contributed by atoms with van der Waals surface area (Å²) in [5.41, 5.74) is 2.96. The average Bonchev–Trinajstić information content (AvgIpc) is 3.11. The lowest BCUT2D eigenvalue weighted by atomic mass is 9.84. The quantitative estimate of drug-likeness (QED) is 0.205. The van der Waals surface area contributed by atoms with Gasteiger partial charge in [-0.05, 0) is 0 Å². The van der Waals surface area contributed by atoms with Gasteiger partial charge in [0, 0.05) is 5.41 Å². The molecule has 1 aliphatic heterocycles. The van der Waals surface area contributed by atoms with E-state index in [1.807, 2.05) is 0 Å². The van der Waals surface area contributed by atoms with Crippen molar-refractivity contribution in [2.24, 2.45) is 5.41 Å². The van der Waals surface area contributed by atoms with Crippen molar-refractivity contribution < 1.29 is 60.6 Å². The Morgan fingerprint density at radius 1 is 1.24 bits per heavy atom. The van der Waals surface area contributed by atoms with Crippen LogP contribution in [0.4, 0.5) is 10.3 Å². The number of phosphoric acid groups is 3. The Morgan fingerprint density at radius 2 is 1.85 bits per heavy atom. The third-order valence-corrected chi connectivity index (χ3v) is 8.38. The third kappa shape index (κ3) is 5.46. The molecule has 2 aromatic heterocycles. The summed E-state index contributed by atoms with van der Waals surface area (Å²) in [5.74, 6) is -3.54. The van der Waals surface area contributed by atoms with Gasteiger partial charge in [0.2, 0.25) is 5.95 Å². The van der Waals surface area contributed by atoms with Gasteiger partial charge in [0.15, 0.2) is 11.2 Å². The van der Waals surface area contributed by atoms with Gasteiger partial charge in [-0.2, -0.15) is 13.6 Å². The van der Waals surface area contributed by atoms with E-state index in [1.165, 1.54) is 13.8 Å². The molecule has 18 nitrogen and oxygen atoms in total. The number of H-pyrrole nitrogens is 1. The highest BCUT2D eigenvalue weighted by atomic mass is 31.3. The van der Waals surface area contributed by atoms with Crippen LogP contribution in [0.5, 0.6) is 0 Å². The molecule has 34 heavy (non-hydrogen) atoms. The maximum atomic E-state index is 15.5. The topological polar surface area (TPSA) is 279 Å². The number of aliphatic hydroxyl groups is 1. The summed E-state index contributed by atoms with van der Waals surface area (Å²) < 4.78 is 67.1. The number of aromatic amines is 1. The molecule has 2 unspecified atom stereocenters. The summed E-state index contributed by atoms with van der Waals surface area (Å²) in [5, 5.41) is 10.5. The predicted molar refractivity (Wildman–Crippen MR) is 106 cm³/mol. The molecular weight excluding hydrogens is 534 g/mol. The van der Waals surface area contributed by atoms with Gasteiger partial charge in [0.1, 0.15) is 18.9 Å². The van der Waals surface area contributed by atoms with Gasteiger partial charge in [-0.3, -0.25) is 18.9 Å². The van der Waals surface area contributed by atoms with Crippen molar-refractivity contribution in [2.45, 2.75) is 32.0 Å². The molecule has 22 heteroatoms. The number of anilines is 1. The van der Waals surface area contributed by atoms with Gasteiger partial charge < -0.3 is 35.2 Å². The maximum Gasteiger partial charge on any atom is 0.490 e. The lowest BCUT2D eigenvalue weighted by molar-refractivity contribution is -0.203. The number of ether oxygens (including phenoxy) is 1. The van der Waals surface area contributed by atoms with Crippen LogP contribution in [-0.2, 0) is 31.6 Å². The number of alkyl halides is 1. The van der Waals surface area contributed by atoms with Crippen LogP contribution in [-0.4, -0.2) is 62.8 Å². The number of imidazole rings is 1. The van der Waals surface area contributed by atoms with Gasteiger partial charge >= 0.3 is 23.5 Å². The molecule has 0 saturated carbocycles. The molecule has 8 N–H and O–H groups in total. The summed E-state index contributed by atoms with van der Waals surface area (Å²) >= 11 is 0. The predicted octanol–water partition coefficient (Wildman–Crippen LogP) is -0.373. The smallest absolute Gasteiger partial charge is 0.386 e. The Kier molecular flexibility index (Phi) is 6.76. The van der Waals surface area contributed by atoms with Crippen LogP contribution in [0, 0.1) is 5.41 Å². The number of nitrogens with zero attached hydrogens (tertiary/aromatic N) is 3. The number of fused-ring (bicyclic) bond motifs is 1. The number of rotatable bonds is 8. The fourth-order valence-electron chi connectivity index (χ4n) is 3.21. The van der Waals surface area contributed by atoms with Crippen LogP contribution < -0.4 is 11.3 Å². The number of aromatic nitrogens is 4. The monoisotopic (exact) mass is 553 g/mol. The SMILES string of the molecule is CC1(C)[C@H](n2cnc3c(=O)[nH]c(N)nc32)O[C@](F)(COP(=O)(O)OP(=O)(O)OP(=O)(O)O)[C@H]1O. The molecule has 1 saturated heterocycles. The zero-order valence-corrected chi connectivity index (χ0v) is 19.8. The van der Waals surface area contributed by atoms with Crippen LogP contribution in [0.15, 0.2) is 11.1 Å². The summed E-state index contributed by atoms with van der Waals surface area (Å²) in [6, 6.07) is 0. The molecule has 0 aromatic carbocycles. The Labute approximate surface area is 187 Å². The van der Waals surface area contributed by atoms with Crippen LogP contribution in [0.1, 0.15) is 20.1 Å². The number of nitrogens with one attached hydrogen (secondary N) is 1. The molecule has 2 aromatic rings. The van der Waals surface area contributed by atoms with Gasteiger partial charge in [-0.15, -0.1) is 0 Å². The molecule has 0 aliphatic carbocycles. The fourth-order valence-corrected chi connectivity index (χ4v) is 6.24. The fraction of sp³-hybridized carbons (Fsp3) is 0.583. The molecule has 3 rings (SSSR count). The number of nitrogen functional groups attached to an aromatic ring is 1. The molecular formula is C12H19FN5O13P3. The van der Waals surface area contributed by atoms with E-state index in [9.17, 15) is 28.5 Å². The number of phosphoric ester groups is 1. The van der Waals surface area contributed by atoms with E-state index in [2.05, 4.69) is 28.1 Å². The number of nitrogens with two attached hydrogens (primary N) is 1. The van der Waals surface area contributed by atoms with E-state index in [1.54, 1.807) is 0 Å². The highest BCUT2D eigenvalue weighted by molar-refractivity contribution is 7.66. The summed E-state index contributed by atoms with van der Waals surface area (Å²) in [7, 11) is -17.2. The molecule has 1 fully saturated rings. The number of halogens is 1. The average molecular weight is 553 g/mol. The minimum absolute atomic E-state index is 0.135. The standard InChI is InChI=1S/C12H19FN5O13P3/c1-11(2)8(20)12(13,3-28-33(24,25)31-34(26,27)30-32(21,22)23)29-9(11)18-4-15-5-6(18)16-10(14)17-7(5)19/h4,8-9,20H,3H2,1-2H3,(H,24,25)(H,26,27)(H2,21,22,23)(H3,14,16,17,19)/t8-,9+,12+/m0/s1. The van der Waals surface area contributed by atoms with Crippen molar-refractivity contribution in [3.8, 4) is 0 Å². The normalized spacial score (nSPS) is 28.6. The number of aliphatic hydroxyl groups excluding tert-OH is 1. The second-order valence-corrected chi connectivity index (χ2v) is 12.0. The van der Waals surface area contributed by atoms with E-state index in [0.717, 1.165) is 10.9 Å². The molecule has 0 radical (unpaired) electrons. The highest BCUT2D eigenvalue weighted by Gasteiger charge is 2.62. The first-order chi connectivity index (χ1) is 15.3. The van der Waals surface area contributed by atoms with Gasteiger partial charge in [0.05, 0.1) is 6.33 Å². The van der Waals surface area contributed by atoms with Crippen LogP contribution in [0.25, 0.3) is 11.2 Å². The van der Waals surface area contributed by atoms with Crippen molar-refractivity contribution in [1.29, 1.82) is 0 Å². The zero-order valence-electron chi connectivity index (χ0n) is 17.1. The lowest BCUT2D eigenvalue weighted by Crippen LogP contribution is -2.44.